The summed E-state index contributed by atoms with van der Waals surface area (Å²) < 4.78 is 0. The molecule has 0 amide bonds. The maximum atomic E-state index is 11.3. The molecule has 1 aromatic rings. The summed E-state index contributed by atoms with van der Waals surface area (Å²) in [4.78, 5) is 30.6. The highest BCUT2D eigenvalue weighted by atomic mass is 16.4. The number of aliphatic carboxylic acids is 2. The van der Waals surface area contributed by atoms with E-state index in [1.54, 1.807) is 24.9 Å². The van der Waals surface area contributed by atoms with Crippen LogP contribution in [0.4, 0.5) is 11.5 Å². The molecule has 0 radical (unpaired) electrons. The first-order valence-corrected chi connectivity index (χ1v) is 7.83. The van der Waals surface area contributed by atoms with Gasteiger partial charge >= 0.3 is 11.9 Å². The standard InChI is InChI=1S/C16H23N3O4/c1-11(15(20)21)10-19(12(2)16(22)23)13-5-6-14(17-9-13)18-7-3-4-8-18/h5-6,9,11-12H,3-4,7-8,10H2,1-2H3,(H,20,21)(H,22,23). The van der Waals surface area contributed by atoms with E-state index in [4.69, 9.17) is 5.11 Å². The van der Waals surface area contributed by atoms with Gasteiger partial charge in [0.05, 0.1) is 17.8 Å². The number of carboxylic acid groups (broad SMARTS) is 2. The fraction of sp³-hybridized carbons (Fsp3) is 0.562. The molecule has 7 heteroatoms. The minimum Gasteiger partial charge on any atom is -0.481 e. The lowest BCUT2D eigenvalue weighted by Crippen LogP contribution is -2.43. The zero-order valence-corrected chi connectivity index (χ0v) is 13.5. The van der Waals surface area contributed by atoms with Gasteiger partial charge < -0.3 is 20.0 Å². The van der Waals surface area contributed by atoms with Gasteiger partial charge in [-0.1, -0.05) is 6.92 Å². The van der Waals surface area contributed by atoms with Crippen molar-refractivity contribution in [1.29, 1.82) is 0 Å². The van der Waals surface area contributed by atoms with Gasteiger partial charge in [-0.05, 0) is 31.9 Å². The van der Waals surface area contributed by atoms with E-state index in [2.05, 4.69) is 9.88 Å². The molecule has 1 aliphatic rings. The number of aromatic nitrogens is 1. The third kappa shape index (κ3) is 4.12. The minimum atomic E-state index is -0.994. The van der Waals surface area contributed by atoms with E-state index in [9.17, 15) is 14.7 Å². The lowest BCUT2D eigenvalue weighted by Gasteiger charge is -2.30. The van der Waals surface area contributed by atoms with Gasteiger partial charge in [-0.2, -0.15) is 0 Å². The third-order valence-corrected chi connectivity index (χ3v) is 4.21. The van der Waals surface area contributed by atoms with Gasteiger partial charge in [-0.25, -0.2) is 9.78 Å². The molecule has 2 heterocycles. The normalized spacial score (nSPS) is 16.9. The van der Waals surface area contributed by atoms with E-state index in [1.165, 1.54) is 0 Å². The Bertz CT molecular complexity index is 555. The van der Waals surface area contributed by atoms with Gasteiger partial charge in [0.1, 0.15) is 11.9 Å². The molecule has 0 aliphatic carbocycles. The van der Waals surface area contributed by atoms with E-state index in [0.717, 1.165) is 31.7 Å². The van der Waals surface area contributed by atoms with Crippen molar-refractivity contribution in [1.82, 2.24) is 4.98 Å². The summed E-state index contributed by atoms with van der Waals surface area (Å²) in [6, 6.07) is 2.86. The molecule has 2 atom stereocenters. The number of anilines is 2. The SMILES string of the molecule is CC(CN(c1ccc(N2CCCC2)nc1)C(C)C(=O)O)C(=O)O. The number of hydrogen-bond acceptors (Lipinski definition) is 5. The summed E-state index contributed by atoms with van der Waals surface area (Å²) in [6.07, 6.45) is 3.94. The van der Waals surface area contributed by atoms with Crippen molar-refractivity contribution in [2.45, 2.75) is 32.7 Å². The average molecular weight is 321 g/mol. The monoisotopic (exact) mass is 321 g/mol. The molecule has 0 spiro atoms. The maximum Gasteiger partial charge on any atom is 0.326 e. The van der Waals surface area contributed by atoms with Crippen LogP contribution in [0.3, 0.4) is 0 Å². The summed E-state index contributed by atoms with van der Waals surface area (Å²) in [5.74, 6) is -1.74. The van der Waals surface area contributed by atoms with Gasteiger partial charge in [0.25, 0.3) is 0 Å². The molecule has 0 bridgehead atoms. The highest BCUT2D eigenvalue weighted by Crippen LogP contribution is 2.23. The lowest BCUT2D eigenvalue weighted by molar-refractivity contribution is -0.142. The second-order valence-electron chi connectivity index (χ2n) is 5.97. The van der Waals surface area contributed by atoms with E-state index in [1.807, 2.05) is 12.1 Å². The van der Waals surface area contributed by atoms with E-state index in [0.29, 0.717) is 5.69 Å². The van der Waals surface area contributed by atoms with Crippen molar-refractivity contribution < 1.29 is 19.8 Å². The van der Waals surface area contributed by atoms with Crippen LogP contribution in [-0.4, -0.2) is 52.8 Å². The smallest absolute Gasteiger partial charge is 0.326 e. The topological polar surface area (TPSA) is 94.0 Å². The lowest BCUT2D eigenvalue weighted by atomic mass is 10.1. The summed E-state index contributed by atoms with van der Waals surface area (Å²) >= 11 is 0. The summed E-state index contributed by atoms with van der Waals surface area (Å²) in [6.45, 7) is 5.20. The Morgan fingerprint density at radius 1 is 1.22 bits per heavy atom. The highest BCUT2D eigenvalue weighted by Gasteiger charge is 2.25. The number of carboxylic acids is 2. The second-order valence-corrected chi connectivity index (χ2v) is 5.97. The molecule has 0 saturated carbocycles. The molecule has 2 N–H and O–H groups in total. The number of nitrogens with zero attached hydrogens (tertiary/aromatic N) is 3. The number of carbonyl (C=O) groups is 2. The first-order valence-electron chi connectivity index (χ1n) is 7.83. The first-order chi connectivity index (χ1) is 10.9. The Morgan fingerprint density at radius 3 is 2.35 bits per heavy atom. The predicted octanol–water partition coefficient (Wildman–Crippen LogP) is 1.68. The van der Waals surface area contributed by atoms with Crippen LogP contribution in [-0.2, 0) is 9.59 Å². The Balaban J connectivity index is 2.20. The van der Waals surface area contributed by atoms with Crippen molar-refractivity contribution in [2.75, 3.05) is 29.4 Å². The van der Waals surface area contributed by atoms with E-state index in [-0.39, 0.29) is 6.54 Å². The highest BCUT2D eigenvalue weighted by molar-refractivity contribution is 5.78. The van der Waals surface area contributed by atoms with Crippen molar-refractivity contribution in [3.8, 4) is 0 Å². The molecule has 1 aliphatic heterocycles. The Kier molecular flexibility index (Phi) is 5.41. The van der Waals surface area contributed by atoms with Crippen LogP contribution in [0.1, 0.15) is 26.7 Å². The number of pyridine rings is 1. The summed E-state index contributed by atoms with van der Waals surface area (Å²) in [5.41, 5.74) is 0.621. The van der Waals surface area contributed by atoms with E-state index >= 15 is 0 Å². The fourth-order valence-electron chi connectivity index (χ4n) is 2.68. The molecule has 7 nitrogen and oxygen atoms in total. The predicted molar refractivity (Wildman–Crippen MR) is 86.9 cm³/mol. The van der Waals surface area contributed by atoms with Gasteiger partial charge in [-0.3, -0.25) is 4.79 Å². The van der Waals surface area contributed by atoms with Gasteiger partial charge in [0, 0.05) is 19.6 Å². The van der Waals surface area contributed by atoms with Crippen LogP contribution in [0.2, 0.25) is 0 Å². The molecule has 2 unspecified atom stereocenters. The minimum absolute atomic E-state index is 0.119. The van der Waals surface area contributed by atoms with Gasteiger partial charge in [0.2, 0.25) is 0 Å². The molecule has 1 saturated heterocycles. The zero-order valence-electron chi connectivity index (χ0n) is 13.5. The molecule has 1 aromatic heterocycles. The van der Waals surface area contributed by atoms with Crippen LogP contribution in [0.25, 0.3) is 0 Å². The number of rotatable bonds is 7. The summed E-state index contributed by atoms with van der Waals surface area (Å²) in [7, 11) is 0. The van der Waals surface area contributed by atoms with Crippen LogP contribution < -0.4 is 9.80 Å². The van der Waals surface area contributed by atoms with Crippen molar-refractivity contribution >= 4 is 23.4 Å². The quantitative estimate of drug-likeness (QED) is 0.789. The van der Waals surface area contributed by atoms with Crippen LogP contribution in [0, 0.1) is 5.92 Å². The van der Waals surface area contributed by atoms with Crippen molar-refractivity contribution in [3.63, 3.8) is 0 Å². The molecule has 0 aromatic carbocycles. The molecular weight excluding hydrogens is 298 g/mol. The summed E-state index contributed by atoms with van der Waals surface area (Å²) in [5, 5.41) is 18.4. The average Bonchev–Trinajstić information content (AvgIpc) is 3.06. The van der Waals surface area contributed by atoms with Crippen molar-refractivity contribution in [2.24, 2.45) is 5.92 Å². The Labute approximate surface area is 135 Å². The van der Waals surface area contributed by atoms with Crippen LogP contribution >= 0.6 is 0 Å². The first kappa shape index (κ1) is 17.1. The second kappa shape index (κ2) is 7.30. The molecule has 1 fully saturated rings. The van der Waals surface area contributed by atoms with Crippen LogP contribution in [0.15, 0.2) is 18.3 Å². The number of hydrogen-bond donors (Lipinski definition) is 2. The van der Waals surface area contributed by atoms with E-state index < -0.39 is 23.9 Å². The Hall–Kier alpha value is -2.31. The van der Waals surface area contributed by atoms with Gasteiger partial charge in [-0.15, -0.1) is 0 Å². The zero-order chi connectivity index (χ0) is 17.0. The Morgan fingerprint density at radius 2 is 1.87 bits per heavy atom. The van der Waals surface area contributed by atoms with Gasteiger partial charge in [0.15, 0.2) is 0 Å². The van der Waals surface area contributed by atoms with Crippen molar-refractivity contribution in [3.05, 3.63) is 18.3 Å². The fourth-order valence-corrected chi connectivity index (χ4v) is 2.68. The molecular formula is C16H23N3O4. The van der Waals surface area contributed by atoms with Crippen LogP contribution in [0.5, 0.6) is 0 Å². The third-order valence-electron chi connectivity index (χ3n) is 4.21. The largest absolute Gasteiger partial charge is 0.481 e. The molecule has 2 rings (SSSR count). The molecule has 126 valence electrons. The molecule has 23 heavy (non-hydrogen) atoms. The maximum absolute atomic E-state index is 11.3.